The van der Waals surface area contributed by atoms with Crippen LogP contribution in [0.4, 0.5) is 0 Å². The number of piperidine rings is 1. The van der Waals surface area contributed by atoms with E-state index in [-0.39, 0.29) is 12.6 Å². The van der Waals surface area contributed by atoms with E-state index < -0.39 is 0 Å². The predicted octanol–water partition coefficient (Wildman–Crippen LogP) is 2.04. The molecule has 1 aliphatic rings. The normalized spacial score (nSPS) is 24.1. The van der Waals surface area contributed by atoms with Crippen molar-refractivity contribution in [2.45, 2.75) is 31.8 Å². The van der Waals surface area contributed by atoms with Crippen LogP contribution in [0.5, 0.6) is 0 Å². The minimum absolute atomic E-state index is 0.0448. The number of nitrogens with one attached hydrogen (secondary N) is 1. The second-order valence-electron chi connectivity index (χ2n) is 5.77. The SMILES string of the molecule is CC(N[C@H](CO)c1ccccc1)C1CCCN(C)C1. The number of benzene rings is 1. The van der Waals surface area contributed by atoms with Gasteiger partial charge in [0.1, 0.15) is 0 Å². The van der Waals surface area contributed by atoms with Gasteiger partial charge in [0.15, 0.2) is 0 Å². The lowest BCUT2D eigenvalue weighted by atomic mass is 9.91. The molecule has 2 unspecified atom stereocenters. The average molecular weight is 262 g/mol. The molecule has 1 aliphatic heterocycles. The zero-order valence-corrected chi connectivity index (χ0v) is 12.0. The maximum atomic E-state index is 9.61. The van der Waals surface area contributed by atoms with Gasteiger partial charge >= 0.3 is 0 Å². The van der Waals surface area contributed by atoms with Crippen molar-refractivity contribution in [3.8, 4) is 0 Å². The molecule has 0 amide bonds. The first-order chi connectivity index (χ1) is 9.20. The van der Waals surface area contributed by atoms with Crippen molar-refractivity contribution >= 4 is 0 Å². The minimum Gasteiger partial charge on any atom is -0.394 e. The molecule has 0 bridgehead atoms. The van der Waals surface area contributed by atoms with Crippen LogP contribution in [0.1, 0.15) is 31.4 Å². The summed E-state index contributed by atoms with van der Waals surface area (Å²) in [6.45, 7) is 4.76. The Labute approximate surface area is 116 Å². The molecule has 1 fully saturated rings. The summed E-state index contributed by atoms with van der Waals surface area (Å²) >= 11 is 0. The van der Waals surface area contributed by atoms with Crippen LogP contribution in [0, 0.1) is 5.92 Å². The Bertz CT molecular complexity index is 368. The van der Waals surface area contributed by atoms with Gasteiger partial charge in [0.05, 0.1) is 12.6 Å². The Kier molecular flexibility index (Phi) is 5.37. The number of hydrogen-bond donors (Lipinski definition) is 2. The summed E-state index contributed by atoms with van der Waals surface area (Å²) < 4.78 is 0. The molecule has 1 heterocycles. The lowest BCUT2D eigenvalue weighted by Gasteiger charge is -2.35. The van der Waals surface area contributed by atoms with E-state index in [4.69, 9.17) is 0 Å². The highest BCUT2D eigenvalue weighted by Crippen LogP contribution is 2.21. The van der Waals surface area contributed by atoms with Crippen molar-refractivity contribution in [3.05, 3.63) is 35.9 Å². The molecule has 106 valence electrons. The Balaban J connectivity index is 1.94. The quantitative estimate of drug-likeness (QED) is 0.852. The van der Waals surface area contributed by atoms with E-state index in [9.17, 15) is 5.11 Å². The van der Waals surface area contributed by atoms with E-state index >= 15 is 0 Å². The van der Waals surface area contributed by atoms with E-state index in [0.29, 0.717) is 12.0 Å². The van der Waals surface area contributed by atoms with Crippen LogP contribution in [-0.2, 0) is 0 Å². The molecule has 3 nitrogen and oxygen atoms in total. The highest BCUT2D eigenvalue weighted by molar-refractivity contribution is 5.19. The third-order valence-electron chi connectivity index (χ3n) is 4.22. The second kappa shape index (κ2) is 7.04. The van der Waals surface area contributed by atoms with Crippen LogP contribution >= 0.6 is 0 Å². The molecule has 0 aromatic heterocycles. The maximum Gasteiger partial charge on any atom is 0.0626 e. The predicted molar refractivity (Wildman–Crippen MR) is 79.1 cm³/mol. The minimum atomic E-state index is 0.0448. The zero-order valence-electron chi connectivity index (χ0n) is 12.0. The van der Waals surface area contributed by atoms with Gasteiger partial charge in [0, 0.05) is 12.6 Å². The Hall–Kier alpha value is -0.900. The number of aliphatic hydroxyl groups excluding tert-OH is 1. The smallest absolute Gasteiger partial charge is 0.0626 e. The third-order valence-corrected chi connectivity index (χ3v) is 4.22. The van der Waals surface area contributed by atoms with Gasteiger partial charge < -0.3 is 15.3 Å². The number of hydrogen-bond acceptors (Lipinski definition) is 3. The first kappa shape index (κ1) is 14.5. The monoisotopic (exact) mass is 262 g/mol. The van der Waals surface area contributed by atoms with Crippen LogP contribution in [0.3, 0.4) is 0 Å². The standard InChI is InChI=1S/C16H26N2O/c1-13(15-9-6-10-18(2)11-15)17-16(12-19)14-7-4-3-5-8-14/h3-5,7-8,13,15-17,19H,6,9-12H2,1-2H3/t13?,15?,16-/m1/s1. The summed E-state index contributed by atoms with van der Waals surface area (Å²) in [5.74, 6) is 0.677. The van der Waals surface area contributed by atoms with Crippen LogP contribution in [0.2, 0.25) is 0 Å². The molecule has 1 aromatic carbocycles. The van der Waals surface area contributed by atoms with Gasteiger partial charge in [-0.1, -0.05) is 30.3 Å². The summed E-state index contributed by atoms with van der Waals surface area (Å²) in [6.07, 6.45) is 2.56. The van der Waals surface area contributed by atoms with Gasteiger partial charge in [-0.05, 0) is 44.8 Å². The van der Waals surface area contributed by atoms with E-state index in [1.807, 2.05) is 18.2 Å². The van der Waals surface area contributed by atoms with Gasteiger partial charge in [0.2, 0.25) is 0 Å². The maximum absolute atomic E-state index is 9.61. The first-order valence-corrected chi connectivity index (χ1v) is 7.31. The van der Waals surface area contributed by atoms with Crippen LogP contribution < -0.4 is 5.32 Å². The van der Waals surface area contributed by atoms with Crippen molar-refractivity contribution in [1.29, 1.82) is 0 Å². The van der Waals surface area contributed by atoms with Crippen molar-refractivity contribution in [2.24, 2.45) is 5.92 Å². The van der Waals surface area contributed by atoms with Gasteiger partial charge in [-0.2, -0.15) is 0 Å². The second-order valence-corrected chi connectivity index (χ2v) is 5.77. The molecule has 3 atom stereocenters. The average Bonchev–Trinajstić information content (AvgIpc) is 2.45. The van der Waals surface area contributed by atoms with Crippen molar-refractivity contribution < 1.29 is 5.11 Å². The number of nitrogens with zero attached hydrogens (tertiary/aromatic N) is 1. The van der Waals surface area contributed by atoms with E-state index in [2.05, 4.69) is 36.3 Å². The first-order valence-electron chi connectivity index (χ1n) is 7.31. The fourth-order valence-electron chi connectivity index (χ4n) is 3.01. The van der Waals surface area contributed by atoms with Gasteiger partial charge in [0.25, 0.3) is 0 Å². The number of likely N-dealkylation sites (tertiary alicyclic amines) is 1. The lowest BCUT2D eigenvalue weighted by Crippen LogP contribution is -2.44. The highest BCUT2D eigenvalue weighted by Gasteiger charge is 2.24. The molecule has 2 N–H and O–H groups in total. The summed E-state index contributed by atoms with van der Waals surface area (Å²) in [4.78, 5) is 2.41. The fourth-order valence-corrected chi connectivity index (χ4v) is 3.01. The van der Waals surface area contributed by atoms with Gasteiger partial charge in [-0.3, -0.25) is 0 Å². The molecule has 1 aromatic rings. The van der Waals surface area contributed by atoms with E-state index in [1.165, 1.54) is 24.9 Å². The Morgan fingerprint density at radius 2 is 2.11 bits per heavy atom. The highest BCUT2D eigenvalue weighted by atomic mass is 16.3. The van der Waals surface area contributed by atoms with E-state index in [1.54, 1.807) is 0 Å². The van der Waals surface area contributed by atoms with E-state index in [0.717, 1.165) is 6.54 Å². The molecular formula is C16H26N2O. The van der Waals surface area contributed by atoms with Crippen molar-refractivity contribution in [3.63, 3.8) is 0 Å². The van der Waals surface area contributed by atoms with Gasteiger partial charge in [-0.25, -0.2) is 0 Å². The summed E-state index contributed by atoms with van der Waals surface area (Å²) in [7, 11) is 2.19. The molecule has 0 aliphatic carbocycles. The molecule has 0 radical (unpaired) electrons. The van der Waals surface area contributed by atoms with Crippen molar-refractivity contribution in [2.75, 3.05) is 26.7 Å². The van der Waals surface area contributed by atoms with Gasteiger partial charge in [-0.15, -0.1) is 0 Å². The summed E-state index contributed by atoms with van der Waals surface area (Å²) in [5, 5.41) is 13.2. The number of rotatable bonds is 5. The molecule has 1 saturated heterocycles. The Morgan fingerprint density at radius 1 is 1.37 bits per heavy atom. The van der Waals surface area contributed by atoms with Crippen molar-refractivity contribution in [1.82, 2.24) is 10.2 Å². The number of aliphatic hydroxyl groups is 1. The lowest BCUT2D eigenvalue weighted by molar-refractivity contribution is 0.159. The largest absolute Gasteiger partial charge is 0.394 e. The third kappa shape index (κ3) is 4.03. The molecule has 19 heavy (non-hydrogen) atoms. The topological polar surface area (TPSA) is 35.5 Å². The molecule has 0 spiro atoms. The molecular weight excluding hydrogens is 236 g/mol. The Morgan fingerprint density at radius 3 is 2.74 bits per heavy atom. The molecule has 2 rings (SSSR count). The summed E-state index contributed by atoms with van der Waals surface area (Å²) in [6, 6.07) is 10.7. The zero-order chi connectivity index (χ0) is 13.7. The fraction of sp³-hybridized carbons (Fsp3) is 0.625. The summed E-state index contributed by atoms with van der Waals surface area (Å²) in [5.41, 5.74) is 1.17. The molecule has 0 saturated carbocycles. The van der Waals surface area contributed by atoms with Crippen LogP contribution in [-0.4, -0.2) is 42.8 Å². The van der Waals surface area contributed by atoms with Crippen LogP contribution in [0.15, 0.2) is 30.3 Å². The molecule has 3 heteroatoms. The van der Waals surface area contributed by atoms with Crippen LogP contribution in [0.25, 0.3) is 0 Å².